The molecule has 0 radical (unpaired) electrons. The van der Waals surface area contributed by atoms with Crippen LogP contribution < -0.4 is 0 Å². The first-order valence-electron chi connectivity index (χ1n) is 13.4. The largest absolute Gasteiger partial charge is 0.336 e. The molecule has 0 spiro atoms. The topological polar surface area (TPSA) is 84.0 Å². The molecule has 0 N–H and O–H groups in total. The van der Waals surface area contributed by atoms with Crippen LogP contribution >= 0.6 is 0 Å². The highest BCUT2D eigenvalue weighted by molar-refractivity contribution is 5.94. The molecule has 0 atom stereocenters. The minimum atomic E-state index is -0.374. The number of pyridine rings is 1. The molecular weight excluding hydrogens is 502 g/mol. The van der Waals surface area contributed by atoms with Gasteiger partial charge in [-0.3, -0.25) is 19.8 Å². The Morgan fingerprint density at radius 1 is 0.850 bits per heavy atom. The van der Waals surface area contributed by atoms with Crippen LogP contribution in [0.4, 0.5) is 5.69 Å². The Kier molecular flexibility index (Phi) is 6.84. The van der Waals surface area contributed by atoms with Gasteiger partial charge in [-0.05, 0) is 42.3 Å². The molecule has 40 heavy (non-hydrogen) atoms. The van der Waals surface area contributed by atoms with Gasteiger partial charge in [0.25, 0.3) is 11.6 Å². The van der Waals surface area contributed by atoms with Crippen molar-refractivity contribution in [3.05, 3.63) is 124 Å². The number of hydrogen-bond donors (Lipinski definition) is 0. The van der Waals surface area contributed by atoms with Crippen molar-refractivity contribution in [1.29, 1.82) is 0 Å². The van der Waals surface area contributed by atoms with Crippen LogP contribution in [0.1, 0.15) is 21.6 Å². The number of non-ortho nitro benzene ring substituents is 1. The third kappa shape index (κ3) is 5.09. The fourth-order valence-electron chi connectivity index (χ4n) is 5.24. The summed E-state index contributed by atoms with van der Waals surface area (Å²) >= 11 is 0. The summed E-state index contributed by atoms with van der Waals surface area (Å²) in [5.74, 6) is 0.0704. The van der Waals surface area contributed by atoms with Gasteiger partial charge in [0.05, 0.1) is 16.3 Å². The first-order chi connectivity index (χ1) is 19.5. The quantitative estimate of drug-likeness (QED) is 0.203. The first kappa shape index (κ1) is 25.5. The maximum absolute atomic E-state index is 13.0. The molecule has 1 aliphatic heterocycles. The number of hydrogen-bond acceptors (Lipinski definition) is 5. The van der Waals surface area contributed by atoms with Gasteiger partial charge in [-0.1, -0.05) is 60.2 Å². The van der Waals surface area contributed by atoms with Gasteiger partial charge >= 0.3 is 0 Å². The fraction of sp³-hybridized carbons (Fsp3) is 0.188. The minimum Gasteiger partial charge on any atom is -0.336 e. The van der Waals surface area contributed by atoms with Crippen LogP contribution in [0.15, 0.2) is 97.2 Å². The lowest BCUT2D eigenvalue weighted by molar-refractivity contribution is -0.384. The summed E-state index contributed by atoms with van der Waals surface area (Å²) in [4.78, 5) is 33.3. The fourth-order valence-corrected chi connectivity index (χ4v) is 5.24. The number of aryl methyl sites for hydroxylation is 1. The Bertz CT molecular complexity index is 1690. The van der Waals surface area contributed by atoms with E-state index in [1.165, 1.54) is 6.07 Å². The Morgan fingerprint density at radius 2 is 1.57 bits per heavy atom. The van der Waals surface area contributed by atoms with Crippen molar-refractivity contribution >= 4 is 17.2 Å². The Balaban J connectivity index is 1.30. The van der Waals surface area contributed by atoms with Crippen LogP contribution in [0.25, 0.3) is 28.0 Å². The highest BCUT2D eigenvalue weighted by Gasteiger charge is 2.24. The maximum Gasteiger partial charge on any atom is 0.270 e. The van der Waals surface area contributed by atoms with E-state index in [-0.39, 0.29) is 16.5 Å². The number of fused-ring (bicyclic) bond motifs is 1. The number of rotatable bonds is 6. The lowest BCUT2D eigenvalue weighted by Crippen LogP contribution is -2.48. The lowest BCUT2D eigenvalue weighted by Gasteiger charge is -2.34. The van der Waals surface area contributed by atoms with Gasteiger partial charge in [-0.25, -0.2) is 4.98 Å². The second-order valence-electron chi connectivity index (χ2n) is 10.2. The molecule has 3 heterocycles. The number of amides is 1. The standard InChI is InChI=1S/C32H29N5O3/c1-23-10-12-25(13-11-23)32(38)35-18-16-34(17-19-35)22-29-31(24-6-3-2-4-7-24)33-30-15-14-27(21-36(29)30)26-8-5-9-28(20-26)37(39)40/h2-15,20-21H,16-19,22H2,1H3. The summed E-state index contributed by atoms with van der Waals surface area (Å²) in [6.45, 7) is 5.50. The van der Waals surface area contributed by atoms with E-state index in [0.29, 0.717) is 19.6 Å². The van der Waals surface area contributed by atoms with Crippen LogP contribution in [0, 0.1) is 17.0 Å². The normalized spacial score (nSPS) is 14.0. The Morgan fingerprint density at radius 3 is 2.30 bits per heavy atom. The zero-order valence-corrected chi connectivity index (χ0v) is 22.2. The van der Waals surface area contributed by atoms with Gasteiger partial charge in [0.2, 0.25) is 0 Å². The highest BCUT2D eigenvalue weighted by Crippen LogP contribution is 2.30. The third-order valence-electron chi connectivity index (χ3n) is 7.49. The molecule has 8 heteroatoms. The summed E-state index contributed by atoms with van der Waals surface area (Å²) in [6.07, 6.45) is 2.01. The van der Waals surface area contributed by atoms with Gasteiger partial charge < -0.3 is 9.30 Å². The Labute approximate surface area is 232 Å². The molecule has 3 aromatic carbocycles. The number of nitro groups is 1. The van der Waals surface area contributed by atoms with Gasteiger partial charge in [-0.2, -0.15) is 0 Å². The zero-order valence-electron chi connectivity index (χ0n) is 22.2. The van der Waals surface area contributed by atoms with E-state index < -0.39 is 0 Å². The second-order valence-corrected chi connectivity index (χ2v) is 10.2. The monoisotopic (exact) mass is 531 g/mol. The molecule has 1 saturated heterocycles. The average molecular weight is 532 g/mol. The van der Waals surface area contributed by atoms with Gasteiger partial charge in [0.1, 0.15) is 5.65 Å². The van der Waals surface area contributed by atoms with Crippen molar-refractivity contribution in [2.24, 2.45) is 0 Å². The number of carbonyl (C=O) groups is 1. The van der Waals surface area contributed by atoms with E-state index in [9.17, 15) is 14.9 Å². The van der Waals surface area contributed by atoms with E-state index in [1.807, 2.05) is 78.7 Å². The number of piperazine rings is 1. The number of carbonyl (C=O) groups excluding carboxylic acids is 1. The molecule has 0 saturated carbocycles. The van der Waals surface area contributed by atoms with E-state index in [1.54, 1.807) is 12.1 Å². The summed E-state index contributed by atoms with van der Waals surface area (Å²) < 4.78 is 2.10. The molecule has 1 amide bonds. The van der Waals surface area contributed by atoms with Crippen LogP contribution in [0.5, 0.6) is 0 Å². The molecule has 6 rings (SSSR count). The summed E-state index contributed by atoms with van der Waals surface area (Å²) in [5.41, 5.74) is 7.39. The van der Waals surface area contributed by atoms with Crippen LogP contribution in [0.2, 0.25) is 0 Å². The molecule has 1 aliphatic rings. The van der Waals surface area contributed by atoms with Crippen molar-refractivity contribution in [2.45, 2.75) is 13.5 Å². The second kappa shape index (κ2) is 10.7. The van der Waals surface area contributed by atoms with Crippen molar-refractivity contribution in [3.8, 4) is 22.4 Å². The summed E-state index contributed by atoms with van der Waals surface area (Å²) in [7, 11) is 0. The smallest absolute Gasteiger partial charge is 0.270 e. The predicted molar refractivity (Wildman–Crippen MR) is 155 cm³/mol. The summed E-state index contributed by atoms with van der Waals surface area (Å²) in [5, 5.41) is 11.4. The van der Waals surface area contributed by atoms with Crippen LogP contribution in [0.3, 0.4) is 0 Å². The molecule has 200 valence electrons. The van der Waals surface area contributed by atoms with E-state index >= 15 is 0 Å². The maximum atomic E-state index is 13.0. The van der Waals surface area contributed by atoms with Crippen molar-refractivity contribution in [1.82, 2.24) is 19.2 Å². The predicted octanol–water partition coefficient (Wildman–Crippen LogP) is 5.84. The molecule has 0 unspecified atom stereocenters. The van der Waals surface area contributed by atoms with Gasteiger partial charge in [0, 0.05) is 62.2 Å². The van der Waals surface area contributed by atoms with Crippen molar-refractivity contribution in [2.75, 3.05) is 26.2 Å². The van der Waals surface area contributed by atoms with Crippen molar-refractivity contribution < 1.29 is 9.72 Å². The van der Waals surface area contributed by atoms with Gasteiger partial charge in [0.15, 0.2) is 0 Å². The lowest BCUT2D eigenvalue weighted by atomic mass is 10.1. The molecular formula is C32H29N5O3. The molecule has 2 aromatic heterocycles. The van der Waals surface area contributed by atoms with E-state index in [4.69, 9.17) is 4.98 Å². The van der Waals surface area contributed by atoms with Crippen LogP contribution in [-0.4, -0.2) is 56.2 Å². The van der Waals surface area contributed by atoms with Gasteiger partial charge in [-0.15, -0.1) is 0 Å². The highest BCUT2D eigenvalue weighted by atomic mass is 16.6. The molecule has 0 aliphatic carbocycles. The minimum absolute atomic E-state index is 0.0616. The molecule has 5 aromatic rings. The van der Waals surface area contributed by atoms with Crippen LogP contribution in [-0.2, 0) is 6.54 Å². The zero-order chi connectivity index (χ0) is 27.6. The molecule has 8 nitrogen and oxygen atoms in total. The van der Waals surface area contributed by atoms with E-state index in [2.05, 4.69) is 21.4 Å². The van der Waals surface area contributed by atoms with Crippen molar-refractivity contribution in [3.63, 3.8) is 0 Å². The molecule has 1 fully saturated rings. The SMILES string of the molecule is Cc1ccc(C(=O)N2CCN(Cc3c(-c4ccccc4)nc4ccc(-c5cccc([N+](=O)[O-])c5)cn34)CC2)cc1. The average Bonchev–Trinajstić information content (AvgIpc) is 3.35. The number of nitrogens with zero attached hydrogens (tertiary/aromatic N) is 5. The third-order valence-corrected chi connectivity index (χ3v) is 7.49. The number of aromatic nitrogens is 2. The van der Waals surface area contributed by atoms with E-state index in [0.717, 1.165) is 57.9 Å². The summed E-state index contributed by atoms with van der Waals surface area (Å²) in [6, 6.07) is 28.5. The molecule has 0 bridgehead atoms. The Hall–Kier alpha value is -4.82. The number of imidazole rings is 1. The number of nitro benzene ring substituents is 1. The first-order valence-corrected chi connectivity index (χ1v) is 13.4. The number of benzene rings is 3.